The van der Waals surface area contributed by atoms with Crippen LogP contribution in [0.2, 0.25) is 0 Å². The third-order valence-corrected chi connectivity index (χ3v) is 4.45. The molecule has 1 unspecified atom stereocenters. The zero-order valence-corrected chi connectivity index (χ0v) is 14.3. The number of benzene rings is 1. The van der Waals surface area contributed by atoms with Crippen molar-refractivity contribution in [2.75, 3.05) is 26.2 Å². The third-order valence-electron chi connectivity index (χ3n) is 4.45. The van der Waals surface area contributed by atoms with E-state index >= 15 is 0 Å². The van der Waals surface area contributed by atoms with Crippen molar-refractivity contribution < 1.29 is 9.18 Å². The van der Waals surface area contributed by atoms with E-state index in [-0.39, 0.29) is 30.5 Å². The van der Waals surface area contributed by atoms with Gasteiger partial charge in [0.1, 0.15) is 5.82 Å². The van der Waals surface area contributed by atoms with Gasteiger partial charge in [-0.15, -0.1) is 0 Å². The van der Waals surface area contributed by atoms with Crippen molar-refractivity contribution in [1.82, 2.24) is 9.80 Å². The fourth-order valence-electron chi connectivity index (χ4n) is 3.25. The molecule has 0 aromatic heterocycles. The Morgan fingerprint density at radius 2 is 2.00 bits per heavy atom. The molecular weight excluding hydrogens is 319 g/mol. The molecule has 1 amide bonds. The molecule has 5 nitrogen and oxygen atoms in total. The molecule has 1 aromatic carbocycles. The lowest BCUT2D eigenvalue weighted by atomic mass is 9.95. The summed E-state index contributed by atoms with van der Waals surface area (Å²) in [5, 5.41) is 17.5. The number of likely N-dealkylation sites (tertiary alicyclic amines) is 1. The summed E-state index contributed by atoms with van der Waals surface area (Å²) in [6, 6.07) is 10.6. The topological polar surface area (TPSA) is 71.1 Å². The summed E-state index contributed by atoms with van der Waals surface area (Å²) in [6.07, 6.45) is 2.28. The summed E-state index contributed by atoms with van der Waals surface area (Å²) >= 11 is 0. The Kier molecular flexibility index (Phi) is 7.37. The van der Waals surface area contributed by atoms with E-state index in [9.17, 15) is 9.18 Å². The minimum atomic E-state index is -0.249. The van der Waals surface area contributed by atoms with E-state index < -0.39 is 0 Å². The highest BCUT2D eigenvalue weighted by molar-refractivity contribution is 5.79. The van der Waals surface area contributed by atoms with Gasteiger partial charge in [0, 0.05) is 26.2 Å². The van der Waals surface area contributed by atoms with Crippen molar-refractivity contribution in [3.05, 3.63) is 35.6 Å². The molecule has 1 fully saturated rings. The lowest BCUT2D eigenvalue weighted by Crippen LogP contribution is -2.45. The number of halogens is 1. The summed E-state index contributed by atoms with van der Waals surface area (Å²) in [5.41, 5.74) is 0.902. The molecule has 1 heterocycles. The van der Waals surface area contributed by atoms with Crippen molar-refractivity contribution in [2.45, 2.75) is 32.2 Å². The van der Waals surface area contributed by atoms with Gasteiger partial charge >= 0.3 is 0 Å². The number of carbonyl (C=O) groups is 1. The molecule has 0 saturated carbocycles. The summed E-state index contributed by atoms with van der Waals surface area (Å²) in [5.74, 6) is -0.351. The van der Waals surface area contributed by atoms with Crippen LogP contribution in [0.15, 0.2) is 24.3 Å². The van der Waals surface area contributed by atoms with Crippen LogP contribution in [-0.4, -0.2) is 41.9 Å². The maximum Gasteiger partial charge on any atom is 0.227 e. The summed E-state index contributed by atoms with van der Waals surface area (Å²) < 4.78 is 13.3. The first kappa shape index (κ1) is 18.9. The summed E-state index contributed by atoms with van der Waals surface area (Å²) in [7, 11) is 0. The number of rotatable bonds is 7. The van der Waals surface area contributed by atoms with Gasteiger partial charge in [-0.05, 0) is 37.1 Å². The highest BCUT2D eigenvalue weighted by Gasteiger charge is 2.29. The molecule has 1 saturated heterocycles. The molecule has 132 valence electrons. The van der Waals surface area contributed by atoms with E-state index in [0.29, 0.717) is 26.2 Å². The van der Waals surface area contributed by atoms with Crippen molar-refractivity contribution in [3.63, 3.8) is 0 Å². The van der Waals surface area contributed by atoms with E-state index in [1.165, 1.54) is 12.1 Å². The molecule has 0 spiro atoms. The minimum Gasteiger partial charge on any atom is -0.340 e. The van der Waals surface area contributed by atoms with Gasteiger partial charge in [0.2, 0.25) is 5.91 Å². The van der Waals surface area contributed by atoms with E-state index in [1.54, 1.807) is 11.0 Å². The van der Waals surface area contributed by atoms with Gasteiger partial charge in [0.15, 0.2) is 0 Å². The molecular formula is C19H23FN4O. The molecule has 0 bridgehead atoms. The molecule has 0 radical (unpaired) electrons. The highest BCUT2D eigenvalue weighted by atomic mass is 19.1. The molecule has 2 rings (SSSR count). The van der Waals surface area contributed by atoms with Gasteiger partial charge in [-0.1, -0.05) is 12.1 Å². The molecule has 1 aromatic rings. The number of hydrogen-bond acceptors (Lipinski definition) is 4. The Balaban J connectivity index is 1.97. The Hall–Kier alpha value is -2.44. The van der Waals surface area contributed by atoms with Gasteiger partial charge in [-0.3, -0.25) is 9.69 Å². The van der Waals surface area contributed by atoms with Crippen LogP contribution < -0.4 is 0 Å². The van der Waals surface area contributed by atoms with Crippen molar-refractivity contribution in [1.29, 1.82) is 10.5 Å². The maximum atomic E-state index is 13.3. The summed E-state index contributed by atoms with van der Waals surface area (Å²) in [6.45, 7) is 2.88. The van der Waals surface area contributed by atoms with Crippen LogP contribution >= 0.6 is 0 Å². The number of piperidine rings is 1. The molecule has 1 aliphatic rings. The smallest absolute Gasteiger partial charge is 0.227 e. The lowest BCUT2D eigenvalue weighted by molar-refractivity contribution is -0.137. The second kappa shape index (κ2) is 9.76. The quantitative estimate of drug-likeness (QED) is 0.764. The third kappa shape index (κ3) is 5.85. The normalized spacial score (nSPS) is 17.5. The molecule has 1 aliphatic heterocycles. The predicted octanol–water partition coefficient (Wildman–Crippen LogP) is 2.69. The van der Waals surface area contributed by atoms with Crippen LogP contribution in [0.3, 0.4) is 0 Å². The van der Waals surface area contributed by atoms with E-state index in [0.717, 1.165) is 24.9 Å². The molecule has 0 N–H and O–H groups in total. The van der Waals surface area contributed by atoms with E-state index in [1.807, 2.05) is 6.07 Å². The SMILES string of the molecule is N#CCCN(CCC#N)C(=O)C1CCCN(Cc2cccc(F)c2)C1. The fraction of sp³-hybridized carbons (Fsp3) is 0.526. The monoisotopic (exact) mass is 342 g/mol. The second-order valence-corrected chi connectivity index (χ2v) is 6.35. The van der Waals surface area contributed by atoms with Crippen LogP contribution in [0, 0.1) is 34.4 Å². The van der Waals surface area contributed by atoms with Crippen LogP contribution in [0.4, 0.5) is 4.39 Å². The average Bonchev–Trinajstić information content (AvgIpc) is 2.61. The minimum absolute atomic E-state index is 0.0226. The zero-order valence-electron chi connectivity index (χ0n) is 14.3. The molecule has 1 atom stereocenters. The lowest BCUT2D eigenvalue weighted by Gasteiger charge is -2.34. The van der Waals surface area contributed by atoms with Crippen LogP contribution in [0.1, 0.15) is 31.2 Å². The van der Waals surface area contributed by atoms with Crippen molar-refractivity contribution in [3.8, 4) is 12.1 Å². The van der Waals surface area contributed by atoms with E-state index in [2.05, 4.69) is 17.0 Å². The Labute approximate surface area is 148 Å². The highest BCUT2D eigenvalue weighted by Crippen LogP contribution is 2.21. The summed E-state index contributed by atoms with van der Waals surface area (Å²) in [4.78, 5) is 16.6. The number of carbonyl (C=O) groups excluding carboxylic acids is 1. The van der Waals surface area contributed by atoms with Gasteiger partial charge in [-0.25, -0.2) is 4.39 Å². The Morgan fingerprint density at radius 1 is 1.28 bits per heavy atom. The van der Waals surface area contributed by atoms with E-state index in [4.69, 9.17) is 10.5 Å². The Bertz CT molecular complexity index is 646. The van der Waals surface area contributed by atoms with Crippen LogP contribution in [-0.2, 0) is 11.3 Å². The molecule has 0 aliphatic carbocycles. The van der Waals surface area contributed by atoms with Gasteiger partial charge in [-0.2, -0.15) is 10.5 Å². The fourth-order valence-corrected chi connectivity index (χ4v) is 3.25. The van der Waals surface area contributed by atoms with Crippen LogP contribution in [0.5, 0.6) is 0 Å². The average molecular weight is 342 g/mol. The van der Waals surface area contributed by atoms with Gasteiger partial charge < -0.3 is 4.90 Å². The van der Waals surface area contributed by atoms with Crippen molar-refractivity contribution in [2.24, 2.45) is 5.92 Å². The number of hydrogen-bond donors (Lipinski definition) is 0. The first-order valence-corrected chi connectivity index (χ1v) is 8.63. The van der Waals surface area contributed by atoms with Crippen molar-refractivity contribution >= 4 is 5.91 Å². The van der Waals surface area contributed by atoms with Crippen LogP contribution in [0.25, 0.3) is 0 Å². The standard InChI is InChI=1S/C19H23FN4O/c20-18-7-1-5-16(13-18)14-23-10-2-6-17(15-23)19(25)24(11-3-8-21)12-4-9-22/h1,5,7,13,17H,2-4,6,10-12,14-15H2. The Morgan fingerprint density at radius 3 is 2.64 bits per heavy atom. The maximum absolute atomic E-state index is 13.3. The van der Waals surface area contributed by atoms with Gasteiger partial charge in [0.25, 0.3) is 0 Å². The number of amides is 1. The second-order valence-electron chi connectivity index (χ2n) is 6.35. The predicted molar refractivity (Wildman–Crippen MR) is 91.4 cm³/mol. The number of nitrogens with zero attached hydrogens (tertiary/aromatic N) is 4. The zero-order chi connectivity index (χ0) is 18.1. The first-order chi connectivity index (χ1) is 12.1. The largest absolute Gasteiger partial charge is 0.340 e. The number of nitriles is 2. The molecule has 6 heteroatoms. The van der Waals surface area contributed by atoms with Gasteiger partial charge in [0.05, 0.1) is 30.9 Å². The molecule has 25 heavy (non-hydrogen) atoms. The first-order valence-electron chi connectivity index (χ1n) is 8.63.